The van der Waals surface area contributed by atoms with Gasteiger partial charge in [0.05, 0.1) is 43.0 Å². The third-order valence-electron chi connectivity index (χ3n) is 21.7. The van der Waals surface area contributed by atoms with Crippen molar-refractivity contribution in [2.24, 2.45) is 50.2 Å². The van der Waals surface area contributed by atoms with Gasteiger partial charge in [0, 0.05) is 6.42 Å². The number of rotatable bonds is 19. The van der Waals surface area contributed by atoms with E-state index in [0.29, 0.717) is 32.1 Å². The molecule has 1 amide bonds. The minimum absolute atomic E-state index is 0.0344. The van der Waals surface area contributed by atoms with Crippen LogP contribution in [-0.2, 0) is 42.8 Å². The molecule has 3 saturated heterocycles. The van der Waals surface area contributed by atoms with E-state index >= 15 is 4.79 Å². The van der Waals surface area contributed by atoms with Gasteiger partial charge in [0.25, 0.3) is 0 Å². The molecule has 7 fully saturated rings. The molecule has 4 saturated carbocycles. The molecule has 10 N–H and O–H groups in total. The average Bonchev–Trinajstić information content (AvgIpc) is 3.23. The highest BCUT2D eigenvalue weighted by atomic mass is 16.8. The fourth-order valence-electron chi connectivity index (χ4n) is 16.7. The van der Waals surface area contributed by atoms with Gasteiger partial charge in [-0.05, 0) is 111 Å². The smallest absolute Gasteiger partial charge is 0.317 e. The zero-order valence-corrected chi connectivity index (χ0v) is 47.7. The summed E-state index contributed by atoms with van der Waals surface area (Å²) in [4.78, 5) is 42.1. The highest BCUT2D eigenvalue weighted by molar-refractivity contribution is 5.80. The molecule has 446 valence electrons. The van der Waals surface area contributed by atoms with E-state index in [1.165, 1.54) is 32.6 Å². The van der Waals surface area contributed by atoms with E-state index in [1.54, 1.807) is 0 Å². The van der Waals surface area contributed by atoms with Crippen LogP contribution in [0.1, 0.15) is 177 Å². The van der Waals surface area contributed by atoms with E-state index in [9.17, 15) is 55.5 Å². The van der Waals surface area contributed by atoms with Crippen molar-refractivity contribution in [1.82, 2.24) is 5.32 Å². The molecule has 24 atom stereocenters. The summed E-state index contributed by atoms with van der Waals surface area (Å²) in [6, 6.07) is -1.32. The van der Waals surface area contributed by atoms with Gasteiger partial charge in [-0.1, -0.05) is 111 Å². The van der Waals surface area contributed by atoms with Crippen molar-refractivity contribution < 1.29 is 88.8 Å². The van der Waals surface area contributed by atoms with Crippen LogP contribution < -0.4 is 5.32 Å². The molecule has 8 rings (SSSR count). The Morgan fingerprint density at radius 1 is 0.718 bits per heavy atom. The summed E-state index contributed by atoms with van der Waals surface area (Å²) < 4.78 is 36.5. The van der Waals surface area contributed by atoms with Gasteiger partial charge < -0.3 is 84.5 Å². The van der Waals surface area contributed by atoms with Crippen LogP contribution in [0.2, 0.25) is 0 Å². The molecule has 0 bridgehead atoms. The molecular weight excluding hydrogens is 1010 g/mol. The van der Waals surface area contributed by atoms with Crippen LogP contribution in [0.15, 0.2) is 11.6 Å². The van der Waals surface area contributed by atoms with Crippen molar-refractivity contribution in [2.45, 2.75) is 276 Å². The Kier molecular flexibility index (Phi) is 19.2. The molecule has 19 heteroatoms. The Morgan fingerprint density at radius 2 is 1.37 bits per heavy atom. The maximum atomic E-state index is 15.7. The van der Waals surface area contributed by atoms with Crippen molar-refractivity contribution in [2.75, 3.05) is 13.2 Å². The molecule has 5 aliphatic carbocycles. The topological polar surface area (TPSA) is 301 Å². The Balaban J connectivity index is 1.06. The molecule has 8 aliphatic rings. The molecule has 0 aromatic carbocycles. The molecular formula is C59H97NO18. The summed E-state index contributed by atoms with van der Waals surface area (Å²) in [6.07, 6.45) is -5.05. The molecule has 78 heavy (non-hydrogen) atoms. The lowest BCUT2D eigenvalue weighted by molar-refractivity contribution is -0.370. The molecule has 3 aliphatic heterocycles. The van der Waals surface area contributed by atoms with Crippen molar-refractivity contribution in [3.05, 3.63) is 11.6 Å². The standard InChI is InChI=1S/C59H97NO18/c1-9-10-11-12-13-14-15-16-17-18-41(66)60-42-36(29-61)75-52(49(44(42)68)77-51-47(71)45(69)48(32(2)74-51)76-50-46(70)43(67)35(63)30-73-50)78-53(72)59-26-25-54(3,4)27-34(59)33-19-20-38-55(5)23-22-39(64)56(6,31-62)37(55)21-24-57(38,7)58(33,8)28-40(59)65/h19,31-32,34-40,42-52,61,63-65,67-71H,9-18,20-30H2,1-8H3,(H,60,66)/t32?,34?,35-,36?,37-,38?,39+,40?,42+,43?,44?,45?,46?,47?,48+,49?,50+,51+,52+,55?,56-,57?,58-,59-/m1/s1. The lowest BCUT2D eigenvalue weighted by Gasteiger charge is -2.71. The van der Waals surface area contributed by atoms with Crippen LogP contribution in [0.4, 0.5) is 0 Å². The largest absolute Gasteiger partial charge is 0.432 e. The summed E-state index contributed by atoms with van der Waals surface area (Å²) in [5.41, 5.74) is -2.78. The van der Waals surface area contributed by atoms with Crippen LogP contribution in [0, 0.1) is 50.2 Å². The molecule has 19 nitrogen and oxygen atoms in total. The highest BCUT2D eigenvalue weighted by Crippen LogP contribution is 2.76. The Bertz CT molecular complexity index is 2110. The first kappa shape index (κ1) is 61.9. The second-order valence-electron chi connectivity index (χ2n) is 26.9. The minimum Gasteiger partial charge on any atom is -0.432 e. The van der Waals surface area contributed by atoms with Gasteiger partial charge in [-0.2, -0.15) is 0 Å². The highest BCUT2D eigenvalue weighted by Gasteiger charge is 2.72. The molecule has 13 unspecified atom stereocenters. The second kappa shape index (κ2) is 24.2. The summed E-state index contributed by atoms with van der Waals surface area (Å²) >= 11 is 0. The predicted molar refractivity (Wildman–Crippen MR) is 282 cm³/mol. The van der Waals surface area contributed by atoms with E-state index in [0.717, 1.165) is 56.8 Å². The fourth-order valence-corrected chi connectivity index (χ4v) is 16.7. The lowest BCUT2D eigenvalue weighted by Crippen LogP contribution is -2.69. The third-order valence-corrected chi connectivity index (χ3v) is 21.7. The third kappa shape index (κ3) is 11.1. The summed E-state index contributed by atoms with van der Waals surface area (Å²) in [6.45, 7) is 15.6. The first-order valence-electron chi connectivity index (χ1n) is 29.7. The monoisotopic (exact) mass is 1110 g/mol. The average molecular weight is 1110 g/mol. The number of ether oxygens (including phenoxy) is 6. The quantitative estimate of drug-likeness (QED) is 0.0378. The van der Waals surface area contributed by atoms with Gasteiger partial charge in [0.15, 0.2) is 18.7 Å². The number of carbonyl (C=O) groups is 3. The number of unbranched alkanes of at least 4 members (excludes halogenated alkanes) is 8. The van der Waals surface area contributed by atoms with Gasteiger partial charge in [0.2, 0.25) is 12.2 Å². The zero-order chi connectivity index (χ0) is 56.9. The minimum atomic E-state index is -1.92. The van der Waals surface area contributed by atoms with Crippen LogP contribution >= 0.6 is 0 Å². The van der Waals surface area contributed by atoms with Crippen LogP contribution in [-0.4, -0.2) is 175 Å². The van der Waals surface area contributed by atoms with Gasteiger partial charge in [-0.15, -0.1) is 0 Å². The molecule has 0 spiro atoms. The van der Waals surface area contributed by atoms with E-state index < -0.39 is 139 Å². The number of aliphatic hydroxyl groups excluding tert-OH is 9. The Labute approximate surface area is 461 Å². The second-order valence-corrected chi connectivity index (χ2v) is 26.9. The summed E-state index contributed by atoms with van der Waals surface area (Å²) in [7, 11) is 0. The zero-order valence-electron chi connectivity index (χ0n) is 47.7. The first-order valence-corrected chi connectivity index (χ1v) is 29.7. The normalized spacial score (nSPS) is 48.0. The predicted octanol–water partition coefficient (Wildman–Crippen LogP) is 4.00. The number of fused-ring (bicyclic) bond motifs is 7. The van der Waals surface area contributed by atoms with Crippen LogP contribution in [0.25, 0.3) is 0 Å². The lowest BCUT2D eigenvalue weighted by atomic mass is 9.33. The van der Waals surface area contributed by atoms with Gasteiger partial charge in [0.1, 0.15) is 60.5 Å². The summed E-state index contributed by atoms with van der Waals surface area (Å²) in [5, 5.41) is 104. The van der Waals surface area contributed by atoms with Crippen LogP contribution in [0.3, 0.4) is 0 Å². The number of nitrogens with one attached hydrogen (secondary N) is 1. The van der Waals surface area contributed by atoms with Crippen molar-refractivity contribution in [1.29, 1.82) is 0 Å². The summed E-state index contributed by atoms with van der Waals surface area (Å²) in [5.74, 6) is -1.64. The Hall–Kier alpha value is -2.21. The molecule has 3 heterocycles. The number of aliphatic hydroxyl groups is 9. The number of allylic oxidation sites excluding steroid dienone is 2. The number of aldehydes is 1. The number of hydrogen-bond acceptors (Lipinski definition) is 18. The fraction of sp³-hybridized carbons (Fsp3) is 0.915. The van der Waals surface area contributed by atoms with E-state index in [4.69, 9.17) is 28.4 Å². The molecule has 0 radical (unpaired) electrons. The van der Waals surface area contributed by atoms with Crippen LogP contribution in [0.5, 0.6) is 0 Å². The van der Waals surface area contributed by atoms with E-state index in [2.05, 4.69) is 52.9 Å². The maximum Gasteiger partial charge on any atom is 0.317 e. The Morgan fingerprint density at radius 3 is 2.04 bits per heavy atom. The number of hydrogen-bond donors (Lipinski definition) is 10. The molecule has 0 aromatic rings. The van der Waals surface area contributed by atoms with Gasteiger partial charge in [-0.3, -0.25) is 9.59 Å². The number of amides is 1. The molecule has 0 aromatic heterocycles. The van der Waals surface area contributed by atoms with Gasteiger partial charge in [-0.25, -0.2) is 0 Å². The number of carbonyl (C=O) groups excluding carboxylic acids is 3. The van der Waals surface area contributed by atoms with E-state index in [-0.39, 0.29) is 54.0 Å². The first-order chi connectivity index (χ1) is 36.8. The van der Waals surface area contributed by atoms with Crippen molar-refractivity contribution >= 4 is 18.2 Å². The maximum absolute atomic E-state index is 15.7. The van der Waals surface area contributed by atoms with E-state index in [1.807, 2.05) is 6.92 Å². The van der Waals surface area contributed by atoms with Crippen molar-refractivity contribution in [3.63, 3.8) is 0 Å². The van der Waals surface area contributed by atoms with Gasteiger partial charge >= 0.3 is 5.97 Å². The SMILES string of the molecule is CCCCCCCCCCCC(=O)N[C@H]1C(CO)O[C@@H](OC(=O)[C@]23CCC(C)(C)CC2C2=CCC4C5(C)CC[C@H](O)[C@](C)(C=O)[C@@H]5CCC4(C)[C@]2(C)CC3O)C(O[C@@H]2OC(C)[C@H](O[C@@H]3OC[C@@H](O)C(O)C3O)C(O)C2O)C1O. The number of esters is 1. The van der Waals surface area contributed by atoms with Crippen molar-refractivity contribution in [3.8, 4) is 0 Å².